The van der Waals surface area contributed by atoms with Crippen LogP contribution in [0.5, 0.6) is 5.88 Å². The van der Waals surface area contributed by atoms with Crippen LogP contribution in [0.2, 0.25) is 0 Å². The van der Waals surface area contributed by atoms with Crippen LogP contribution >= 0.6 is 0 Å². The first-order chi connectivity index (χ1) is 17.9. The van der Waals surface area contributed by atoms with Gasteiger partial charge in [-0.1, -0.05) is 0 Å². The number of benzene rings is 1. The lowest BCUT2D eigenvalue weighted by Crippen LogP contribution is -2.43. The Labute approximate surface area is 215 Å². The molecular weight excluding hydrogens is 500 g/mol. The van der Waals surface area contributed by atoms with E-state index in [0.717, 1.165) is 26.3 Å². The summed E-state index contributed by atoms with van der Waals surface area (Å²) in [5.41, 5.74) is 1.23. The molecule has 4 heterocycles. The van der Waals surface area contributed by atoms with Gasteiger partial charge in [-0.3, -0.25) is 4.90 Å². The van der Waals surface area contributed by atoms with Crippen molar-refractivity contribution < 1.29 is 27.4 Å². The number of carbonyl (C=O) groups is 1. The molecule has 12 nitrogen and oxygen atoms in total. The van der Waals surface area contributed by atoms with E-state index in [2.05, 4.69) is 20.0 Å². The van der Waals surface area contributed by atoms with Crippen LogP contribution in [0.15, 0.2) is 41.7 Å². The second-order valence-corrected chi connectivity index (χ2v) is 11.1. The molecule has 2 fully saturated rings. The molecule has 0 spiro atoms. The second-order valence-electron chi connectivity index (χ2n) is 9.11. The van der Waals surface area contributed by atoms with Gasteiger partial charge in [-0.15, -0.1) is 0 Å². The summed E-state index contributed by atoms with van der Waals surface area (Å²) in [5, 5.41) is 5.07. The average molecular weight is 531 g/mol. The van der Waals surface area contributed by atoms with Crippen molar-refractivity contribution in [2.24, 2.45) is 0 Å². The third-order valence-electron chi connectivity index (χ3n) is 6.55. The van der Waals surface area contributed by atoms with Crippen molar-refractivity contribution in [2.75, 3.05) is 58.8 Å². The molecule has 5 rings (SSSR count). The Morgan fingerprint density at radius 3 is 2.51 bits per heavy atom. The predicted molar refractivity (Wildman–Crippen MR) is 134 cm³/mol. The largest absolute Gasteiger partial charge is 0.474 e. The maximum atomic E-state index is 12.4. The van der Waals surface area contributed by atoms with Crippen molar-refractivity contribution in [1.29, 1.82) is 0 Å². The average Bonchev–Trinajstić information content (AvgIpc) is 3.34. The molecule has 1 aromatic carbocycles. The number of sulfone groups is 1. The Balaban J connectivity index is 1.17. The number of fused-ring (bicyclic) bond motifs is 1. The zero-order valence-electron chi connectivity index (χ0n) is 20.7. The highest BCUT2D eigenvalue weighted by atomic mass is 32.2. The highest BCUT2D eigenvalue weighted by molar-refractivity contribution is 7.90. The van der Waals surface area contributed by atoms with Crippen LogP contribution in [-0.2, 0) is 19.3 Å². The predicted octanol–water partition coefficient (Wildman–Crippen LogP) is 1.53. The van der Waals surface area contributed by atoms with Gasteiger partial charge in [0.15, 0.2) is 15.5 Å². The Hall–Kier alpha value is -3.29. The fourth-order valence-electron chi connectivity index (χ4n) is 4.43. The molecule has 3 aromatic rings. The molecule has 2 aliphatic heterocycles. The summed E-state index contributed by atoms with van der Waals surface area (Å²) in [7, 11) is -3.29. The summed E-state index contributed by atoms with van der Waals surface area (Å²) in [6, 6.07) is 6.44. The van der Waals surface area contributed by atoms with Crippen molar-refractivity contribution in [3.63, 3.8) is 0 Å². The van der Waals surface area contributed by atoms with E-state index in [0.29, 0.717) is 61.7 Å². The first-order valence-corrected chi connectivity index (χ1v) is 14.2. The summed E-state index contributed by atoms with van der Waals surface area (Å²) in [4.78, 5) is 25.3. The van der Waals surface area contributed by atoms with E-state index in [1.54, 1.807) is 27.9 Å². The van der Waals surface area contributed by atoms with Gasteiger partial charge in [0, 0.05) is 51.8 Å². The summed E-state index contributed by atoms with van der Waals surface area (Å²) >= 11 is 0. The number of ether oxygens (including phenoxy) is 3. The number of amides is 1. The van der Waals surface area contributed by atoms with Crippen molar-refractivity contribution in [1.82, 2.24) is 29.5 Å². The highest BCUT2D eigenvalue weighted by Crippen LogP contribution is 2.26. The number of morpholine rings is 1. The van der Waals surface area contributed by atoms with Gasteiger partial charge in [-0.25, -0.2) is 27.9 Å². The molecule has 2 aromatic heterocycles. The maximum Gasteiger partial charge on any atom is 0.409 e. The van der Waals surface area contributed by atoms with Crippen LogP contribution in [0.25, 0.3) is 16.7 Å². The summed E-state index contributed by atoms with van der Waals surface area (Å²) in [5.74, 6) is 0.426. The van der Waals surface area contributed by atoms with E-state index >= 15 is 0 Å². The Kier molecular flexibility index (Phi) is 7.53. The summed E-state index contributed by atoms with van der Waals surface area (Å²) in [6.45, 7) is 5.35. The van der Waals surface area contributed by atoms with E-state index < -0.39 is 9.84 Å². The maximum absolute atomic E-state index is 12.4. The smallest absolute Gasteiger partial charge is 0.409 e. The molecule has 37 heavy (non-hydrogen) atoms. The monoisotopic (exact) mass is 530 g/mol. The van der Waals surface area contributed by atoms with Crippen molar-refractivity contribution in [3.8, 4) is 11.6 Å². The normalized spacial score (nSPS) is 17.7. The number of likely N-dealkylation sites (tertiary alicyclic amines) is 1. The fraction of sp³-hybridized carbons (Fsp3) is 0.500. The van der Waals surface area contributed by atoms with Crippen LogP contribution in [-0.4, -0.2) is 109 Å². The minimum Gasteiger partial charge on any atom is -0.474 e. The molecule has 0 aliphatic carbocycles. The Bertz CT molecular complexity index is 1330. The molecule has 2 aliphatic rings. The fourth-order valence-corrected chi connectivity index (χ4v) is 5.06. The molecule has 1 amide bonds. The topological polar surface area (TPSA) is 129 Å². The lowest BCUT2D eigenvalue weighted by molar-refractivity contribution is 0.0219. The number of nitrogens with zero attached hydrogens (tertiary/aromatic N) is 6. The molecule has 0 saturated carbocycles. The highest BCUT2D eigenvalue weighted by Gasteiger charge is 2.26. The molecule has 0 radical (unpaired) electrons. The van der Waals surface area contributed by atoms with Crippen molar-refractivity contribution in [2.45, 2.75) is 23.8 Å². The molecule has 0 atom stereocenters. The van der Waals surface area contributed by atoms with E-state index in [4.69, 9.17) is 14.2 Å². The summed E-state index contributed by atoms with van der Waals surface area (Å²) < 4.78 is 42.1. The van der Waals surface area contributed by atoms with E-state index in [-0.39, 0.29) is 17.1 Å². The Morgan fingerprint density at radius 1 is 1.08 bits per heavy atom. The van der Waals surface area contributed by atoms with Crippen LogP contribution in [0.3, 0.4) is 0 Å². The lowest BCUT2D eigenvalue weighted by atomic mass is 10.1. The van der Waals surface area contributed by atoms with Crippen LogP contribution < -0.4 is 4.74 Å². The quantitative estimate of drug-likeness (QED) is 0.443. The van der Waals surface area contributed by atoms with E-state index in [9.17, 15) is 13.2 Å². The van der Waals surface area contributed by atoms with E-state index in [1.165, 1.54) is 24.7 Å². The second kappa shape index (κ2) is 11.0. The molecule has 2 saturated heterocycles. The van der Waals surface area contributed by atoms with Gasteiger partial charge in [0.25, 0.3) is 0 Å². The van der Waals surface area contributed by atoms with Gasteiger partial charge >= 0.3 is 6.09 Å². The van der Waals surface area contributed by atoms with Gasteiger partial charge in [0.1, 0.15) is 24.4 Å². The number of hydrogen-bond acceptors (Lipinski definition) is 10. The number of carbonyl (C=O) groups excluding carboxylic acids is 1. The van der Waals surface area contributed by atoms with Crippen molar-refractivity contribution in [3.05, 3.63) is 36.8 Å². The SMILES string of the molecule is CS(=O)(=O)c1ccc(-n2ncc3c(OC4CCN(C(=O)OCCN5CCOCC5)CC4)ncnc32)cc1. The first kappa shape index (κ1) is 25.4. The van der Waals surface area contributed by atoms with E-state index in [1.807, 2.05) is 0 Å². The number of piperidine rings is 1. The van der Waals surface area contributed by atoms with Gasteiger partial charge < -0.3 is 19.1 Å². The minimum absolute atomic E-state index is 0.104. The third kappa shape index (κ3) is 6.00. The van der Waals surface area contributed by atoms with Gasteiger partial charge in [-0.2, -0.15) is 5.10 Å². The zero-order valence-corrected chi connectivity index (χ0v) is 21.5. The van der Waals surface area contributed by atoms with Crippen LogP contribution in [0.4, 0.5) is 4.79 Å². The first-order valence-electron chi connectivity index (χ1n) is 12.3. The molecule has 0 bridgehead atoms. The van der Waals surface area contributed by atoms with Gasteiger partial charge in [-0.05, 0) is 24.3 Å². The number of aromatic nitrogens is 4. The number of hydrogen-bond donors (Lipinski definition) is 0. The molecule has 13 heteroatoms. The molecule has 0 unspecified atom stereocenters. The van der Waals surface area contributed by atoms with Crippen molar-refractivity contribution >= 4 is 27.0 Å². The summed E-state index contributed by atoms with van der Waals surface area (Å²) in [6.07, 6.45) is 5.14. The molecule has 0 N–H and O–H groups in total. The minimum atomic E-state index is -3.29. The Morgan fingerprint density at radius 2 is 1.81 bits per heavy atom. The van der Waals surface area contributed by atoms with Crippen LogP contribution in [0.1, 0.15) is 12.8 Å². The zero-order chi connectivity index (χ0) is 25.8. The lowest BCUT2D eigenvalue weighted by Gasteiger charge is -2.31. The molecule has 198 valence electrons. The third-order valence-corrected chi connectivity index (χ3v) is 7.68. The van der Waals surface area contributed by atoms with Gasteiger partial charge in [0.05, 0.1) is 30.0 Å². The number of rotatable bonds is 7. The van der Waals surface area contributed by atoms with Crippen LogP contribution in [0, 0.1) is 0 Å². The standard InChI is InChI=1S/C24H30N6O6S/c1-37(32,33)20-4-2-18(3-5-20)30-22-21(16-27-30)23(26-17-25-22)36-19-6-8-29(9-7-19)24(31)35-15-12-28-10-13-34-14-11-28/h2-5,16-17,19H,6-15H2,1H3. The van der Waals surface area contributed by atoms with Gasteiger partial charge in [0.2, 0.25) is 5.88 Å². The molecular formula is C24H30N6O6S.